The first-order valence-electron chi connectivity index (χ1n) is 5.40. The van der Waals surface area contributed by atoms with Gasteiger partial charge in [0.1, 0.15) is 6.42 Å². The van der Waals surface area contributed by atoms with E-state index in [2.05, 4.69) is 4.90 Å². The van der Waals surface area contributed by atoms with Crippen molar-refractivity contribution in [1.29, 1.82) is 0 Å². The minimum atomic E-state index is -1.03. The summed E-state index contributed by atoms with van der Waals surface area (Å²) in [6, 6.07) is 0.469. The molecule has 2 heterocycles. The number of amides is 1. The smallest absolute Gasteiger partial charge is 0.312 e. The van der Waals surface area contributed by atoms with Crippen molar-refractivity contribution in [3.8, 4) is 0 Å². The number of piperazine rings is 1. The lowest BCUT2D eigenvalue weighted by Crippen LogP contribution is -2.52. The molecule has 2 fully saturated rings. The maximum atomic E-state index is 11.5. The van der Waals surface area contributed by atoms with E-state index in [4.69, 9.17) is 5.11 Å². The third-order valence-electron chi connectivity index (χ3n) is 3.24. The third-order valence-corrected chi connectivity index (χ3v) is 3.24. The average Bonchev–Trinajstić information content (AvgIpc) is 2.62. The van der Waals surface area contributed by atoms with Crippen molar-refractivity contribution in [3.05, 3.63) is 0 Å². The second-order valence-electron chi connectivity index (χ2n) is 4.24. The van der Waals surface area contributed by atoms with E-state index in [0.29, 0.717) is 19.1 Å². The van der Waals surface area contributed by atoms with Gasteiger partial charge in [-0.15, -0.1) is 0 Å². The number of nitrogens with zero attached hydrogens (tertiary/aromatic N) is 2. The van der Waals surface area contributed by atoms with Gasteiger partial charge in [0.25, 0.3) is 0 Å². The van der Waals surface area contributed by atoms with Crippen molar-refractivity contribution in [2.45, 2.75) is 25.3 Å². The van der Waals surface area contributed by atoms with E-state index in [1.54, 1.807) is 4.90 Å². The summed E-state index contributed by atoms with van der Waals surface area (Å²) in [7, 11) is 0. The molecule has 2 aliphatic rings. The molecule has 1 N–H and O–H groups in total. The highest BCUT2D eigenvalue weighted by Crippen LogP contribution is 2.21. The standard InChI is InChI=1S/C10H16N2O3/c13-9(6-10(14)15)12-5-4-11-3-1-2-8(11)7-12/h8H,1-7H2,(H,14,15). The molecule has 1 unspecified atom stereocenters. The first-order valence-corrected chi connectivity index (χ1v) is 5.40. The van der Waals surface area contributed by atoms with Crippen LogP contribution in [-0.2, 0) is 9.59 Å². The molecule has 84 valence electrons. The lowest BCUT2D eigenvalue weighted by molar-refractivity contribution is -0.145. The van der Waals surface area contributed by atoms with Gasteiger partial charge in [0.05, 0.1) is 0 Å². The van der Waals surface area contributed by atoms with E-state index in [-0.39, 0.29) is 12.3 Å². The Labute approximate surface area is 88.6 Å². The van der Waals surface area contributed by atoms with Crippen LogP contribution in [0, 0.1) is 0 Å². The largest absolute Gasteiger partial charge is 0.481 e. The number of carboxylic acids is 1. The Morgan fingerprint density at radius 1 is 1.27 bits per heavy atom. The van der Waals surface area contributed by atoms with Crippen LogP contribution >= 0.6 is 0 Å². The van der Waals surface area contributed by atoms with Crippen LogP contribution in [-0.4, -0.2) is 59.0 Å². The highest BCUT2D eigenvalue weighted by molar-refractivity contribution is 5.93. The third kappa shape index (κ3) is 2.28. The van der Waals surface area contributed by atoms with Crippen LogP contribution in [0.25, 0.3) is 0 Å². The van der Waals surface area contributed by atoms with Crippen LogP contribution in [0.2, 0.25) is 0 Å². The molecule has 15 heavy (non-hydrogen) atoms. The molecule has 2 saturated heterocycles. The fraction of sp³-hybridized carbons (Fsp3) is 0.800. The fourth-order valence-electron chi connectivity index (χ4n) is 2.46. The highest BCUT2D eigenvalue weighted by atomic mass is 16.4. The van der Waals surface area contributed by atoms with Gasteiger partial charge >= 0.3 is 5.97 Å². The van der Waals surface area contributed by atoms with Crippen molar-refractivity contribution in [1.82, 2.24) is 9.80 Å². The molecular weight excluding hydrogens is 196 g/mol. The van der Waals surface area contributed by atoms with Crippen LogP contribution in [0.4, 0.5) is 0 Å². The molecule has 5 nitrogen and oxygen atoms in total. The van der Waals surface area contributed by atoms with Gasteiger partial charge in [-0.3, -0.25) is 14.5 Å². The SMILES string of the molecule is O=C(O)CC(=O)N1CCN2CCCC2C1. The Hall–Kier alpha value is -1.10. The number of carbonyl (C=O) groups is 2. The van der Waals surface area contributed by atoms with Crippen molar-refractivity contribution < 1.29 is 14.7 Å². The summed E-state index contributed by atoms with van der Waals surface area (Å²) in [5.41, 5.74) is 0. The van der Waals surface area contributed by atoms with Crippen LogP contribution in [0.3, 0.4) is 0 Å². The molecule has 0 aromatic carbocycles. The van der Waals surface area contributed by atoms with E-state index in [9.17, 15) is 9.59 Å². The van der Waals surface area contributed by atoms with E-state index in [1.165, 1.54) is 6.42 Å². The van der Waals surface area contributed by atoms with E-state index in [0.717, 1.165) is 19.5 Å². The van der Waals surface area contributed by atoms with Gasteiger partial charge in [0, 0.05) is 25.7 Å². The minimum absolute atomic E-state index is 0.242. The van der Waals surface area contributed by atoms with Gasteiger partial charge in [-0.25, -0.2) is 0 Å². The molecule has 0 aromatic heterocycles. The molecule has 2 aliphatic heterocycles. The van der Waals surface area contributed by atoms with Crippen LogP contribution in [0.15, 0.2) is 0 Å². The summed E-state index contributed by atoms with van der Waals surface area (Å²) in [4.78, 5) is 26.0. The second-order valence-corrected chi connectivity index (χ2v) is 4.24. The average molecular weight is 212 g/mol. The van der Waals surface area contributed by atoms with Gasteiger partial charge in [-0.2, -0.15) is 0 Å². The number of carboxylic acid groups (broad SMARTS) is 1. The predicted molar refractivity (Wildman–Crippen MR) is 53.4 cm³/mol. The summed E-state index contributed by atoms with van der Waals surface area (Å²) in [5.74, 6) is -1.28. The zero-order chi connectivity index (χ0) is 10.8. The van der Waals surface area contributed by atoms with E-state index >= 15 is 0 Å². The molecule has 1 amide bonds. The molecule has 2 rings (SSSR count). The summed E-state index contributed by atoms with van der Waals surface area (Å²) >= 11 is 0. The number of hydrogen-bond donors (Lipinski definition) is 1. The predicted octanol–water partition coefficient (Wildman–Crippen LogP) is -0.232. The van der Waals surface area contributed by atoms with Crippen molar-refractivity contribution >= 4 is 11.9 Å². The molecule has 0 aliphatic carbocycles. The van der Waals surface area contributed by atoms with Crippen LogP contribution in [0.5, 0.6) is 0 Å². The van der Waals surface area contributed by atoms with E-state index in [1.807, 2.05) is 0 Å². The van der Waals surface area contributed by atoms with Crippen molar-refractivity contribution in [3.63, 3.8) is 0 Å². The summed E-state index contributed by atoms with van der Waals surface area (Å²) in [6.07, 6.45) is 1.97. The van der Waals surface area contributed by atoms with Gasteiger partial charge in [0.2, 0.25) is 5.91 Å². The number of rotatable bonds is 2. The normalized spacial score (nSPS) is 26.4. The monoisotopic (exact) mass is 212 g/mol. The molecule has 1 atom stereocenters. The minimum Gasteiger partial charge on any atom is -0.481 e. The van der Waals surface area contributed by atoms with Gasteiger partial charge < -0.3 is 10.0 Å². The fourth-order valence-corrected chi connectivity index (χ4v) is 2.46. The summed E-state index contributed by atoms with van der Waals surface area (Å²) in [5, 5.41) is 8.54. The molecule has 5 heteroatoms. The van der Waals surface area contributed by atoms with Crippen molar-refractivity contribution in [2.75, 3.05) is 26.2 Å². The Morgan fingerprint density at radius 3 is 2.80 bits per heavy atom. The molecule has 0 saturated carbocycles. The van der Waals surface area contributed by atoms with Crippen molar-refractivity contribution in [2.24, 2.45) is 0 Å². The highest BCUT2D eigenvalue weighted by Gasteiger charge is 2.32. The molecule has 0 radical (unpaired) electrons. The summed E-state index contributed by atoms with van der Waals surface area (Å²) in [6.45, 7) is 3.43. The number of hydrogen-bond acceptors (Lipinski definition) is 3. The maximum absolute atomic E-state index is 11.5. The quantitative estimate of drug-likeness (QED) is 0.642. The number of fused-ring (bicyclic) bond motifs is 1. The number of aliphatic carboxylic acids is 1. The van der Waals surface area contributed by atoms with Gasteiger partial charge in [-0.1, -0.05) is 0 Å². The Bertz CT molecular complexity index is 280. The summed E-state index contributed by atoms with van der Waals surface area (Å²) < 4.78 is 0. The maximum Gasteiger partial charge on any atom is 0.312 e. The first-order chi connectivity index (χ1) is 7.16. The molecular formula is C10H16N2O3. The van der Waals surface area contributed by atoms with E-state index < -0.39 is 5.97 Å². The lowest BCUT2D eigenvalue weighted by atomic mass is 10.1. The Balaban J connectivity index is 1.89. The van der Waals surface area contributed by atoms with Gasteiger partial charge in [-0.05, 0) is 19.4 Å². The van der Waals surface area contributed by atoms with Crippen LogP contribution in [0.1, 0.15) is 19.3 Å². The first kappa shape index (κ1) is 10.4. The second kappa shape index (κ2) is 4.18. The Morgan fingerprint density at radius 2 is 2.07 bits per heavy atom. The lowest BCUT2D eigenvalue weighted by Gasteiger charge is -2.37. The van der Waals surface area contributed by atoms with Gasteiger partial charge in [0.15, 0.2) is 0 Å². The molecule has 0 bridgehead atoms. The topological polar surface area (TPSA) is 60.9 Å². The zero-order valence-corrected chi connectivity index (χ0v) is 8.69. The van der Waals surface area contributed by atoms with Crippen LogP contribution < -0.4 is 0 Å². The molecule has 0 spiro atoms. The zero-order valence-electron chi connectivity index (χ0n) is 8.69. The Kier molecular flexibility index (Phi) is 2.90. The molecule has 0 aromatic rings. The number of carbonyl (C=O) groups excluding carboxylic acids is 1.